The molecule has 1 saturated heterocycles. The Morgan fingerprint density at radius 2 is 1.88 bits per heavy atom. The molecule has 2 aromatic rings. The minimum atomic E-state index is -0.554. The smallest absolute Gasteiger partial charge is 0.311 e. The van der Waals surface area contributed by atoms with E-state index < -0.39 is 17.9 Å². The van der Waals surface area contributed by atoms with E-state index in [-0.39, 0.29) is 0 Å². The molecule has 0 bridgehead atoms. The number of amides is 2. The van der Waals surface area contributed by atoms with Crippen molar-refractivity contribution in [1.82, 2.24) is 15.2 Å². The molecule has 1 aliphatic rings. The van der Waals surface area contributed by atoms with Gasteiger partial charge < -0.3 is 10.2 Å². The molecule has 2 heterocycles. The summed E-state index contributed by atoms with van der Waals surface area (Å²) in [6, 6.07) is 9.49. The minimum Gasteiger partial charge on any atom is -0.337 e. The quantitative estimate of drug-likeness (QED) is 0.865. The Balaban J connectivity index is 1.88. The van der Waals surface area contributed by atoms with Crippen LogP contribution in [0.2, 0.25) is 0 Å². The Labute approximate surface area is 154 Å². The van der Waals surface area contributed by atoms with E-state index in [9.17, 15) is 9.59 Å². The molecule has 0 saturated carbocycles. The first-order valence-corrected chi connectivity index (χ1v) is 9.13. The van der Waals surface area contributed by atoms with Crippen molar-refractivity contribution in [2.75, 3.05) is 13.1 Å². The average Bonchev–Trinajstić information content (AvgIpc) is 2.68. The standard InChI is InChI=1S/C21H25N3O2/c1-15-8-9-16(2)18(13-15)19(17-7-6-10-22-14-17)23-20(25)21(26)24-11-4-3-5-12-24/h6-10,13-14,19H,3-5,11-12H2,1-2H3,(H,23,25)/t19-/m1/s1. The number of hydrogen-bond donors (Lipinski definition) is 1. The van der Waals surface area contributed by atoms with Gasteiger partial charge >= 0.3 is 11.8 Å². The number of nitrogens with zero attached hydrogens (tertiary/aromatic N) is 2. The predicted octanol–water partition coefficient (Wildman–Crippen LogP) is 2.92. The van der Waals surface area contributed by atoms with Crippen molar-refractivity contribution in [1.29, 1.82) is 0 Å². The molecule has 5 nitrogen and oxygen atoms in total. The first kappa shape index (κ1) is 18.1. The fourth-order valence-corrected chi connectivity index (χ4v) is 3.39. The van der Waals surface area contributed by atoms with E-state index in [0.29, 0.717) is 13.1 Å². The molecule has 2 amide bonds. The molecule has 1 N–H and O–H groups in total. The number of benzene rings is 1. The van der Waals surface area contributed by atoms with Gasteiger partial charge in [0.25, 0.3) is 0 Å². The number of likely N-dealkylation sites (tertiary alicyclic amines) is 1. The zero-order valence-corrected chi connectivity index (χ0v) is 15.4. The maximum Gasteiger partial charge on any atom is 0.311 e. The number of rotatable bonds is 3. The van der Waals surface area contributed by atoms with Crippen molar-refractivity contribution in [3.05, 3.63) is 65.0 Å². The van der Waals surface area contributed by atoms with E-state index in [0.717, 1.165) is 41.5 Å². The molecule has 0 unspecified atom stereocenters. The van der Waals surface area contributed by atoms with Gasteiger partial charge in [0, 0.05) is 25.5 Å². The first-order chi connectivity index (χ1) is 12.6. The second-order valence-electron chi connectivity index (χ2n) is 6.91. The van der Waals surface area contributed by atoms with Crippen LogP contribution in [-0.2, 0) is 9.59 Å². The van der Waals surface area contributed by atoms with Crippen molar-refractivity contribution in [2.24, 2.45) is 0 Å². The normalized spacial score (nSPS) is 15.4. The number of nitrogens with one attached hydrogen (secondary N) is 1. The summed E-state index contributed by atoms with van der Waals surface area (Å²) in [7, 11) is 0. The highest BCUT2D eigenvalue weighted by molar-refractivity contribution is 6.35. The third-order valence-corrected chi connectivity index (χ3v) is 4.88. The van der Waals surface area contributed by atoms with Crippen LogP contribution in [0.3, 0.4) is 0 Å². The summed E-state index contributed by atoms with van der Waals surface area (Å²) in [5.74, 6) is -0.995. The number of carbonyl (C=O) groups excluding carboxylic acids is 2. The van der Waals surface area contributed by atoms with E-state index in [1.807, 2.05) is 38.1 Å². The van der Waals surface area contributed by atoms with Gasteiger partial charge in [-0.15, -0.1) is 0 Å². The van der Waals surface area contributed by atoms with Crippen molar-refractivity contribution in [3.8, 4) is 0 Å². The second kappa shape index (κ2) is 8.13. The number of hydrogen-bond acceptors (Lipinski definition) is 3. The lowest BCUT2D eigenvalue weighted by atomic mass is 9.94. The SMILES string of the molecule is Cc1ccc(C)c([C@H](NC(=O)C(=O)N2CCCCC2)c2cccnc2)c1. The average molecular weight is 351 g/mol. The van der Waals surface area contributed by atoms with Crippen LogP contribution in [0, 0.1) is 13.8 Å². The molecule has 1 atom stereocenters. The molecule has 1 aliphatic heterocycles. The van der Waals surface area contributed by atoms with Crippen molar-refractivity contribution in [3.63, 3.8) is 0 Å². The first-order valence-electron chi connectivity index (χ1n) is 9.13. The van der Waals surface area contributed by atoms with E-state index in [1.54, 1.807) is 17.3 Å². The molecule has 26 heavy (non-hydrogen) atoms. The van der Waals surface area contributed by atoms with Gasteiger partial charge in [0.2, 0.25) is 0 Å². The lowest BCUT2D eigenvalue weighted by Crippen LogP contribution is -2.46. The Hall–Kier alpha value is -2.69. The van der Waals surface area contributed by atoms with Gasteiger partial charge in [0.05, 0.1) is 6.04 Å². The zero-order chi connectivity index (χ0) is 18.5. The van der Waals surface area contributed by atoms with Crippen LogP contribution in [0.25, 0.3) is 0 Å². The molecule has 0 spiro atoms. The third kappa shape index (κ3) is 4.10. The number of aryl methyl sites for hydroxylation is 2. The molecular weight excluding hydrogens is 326 g/mol. The topological polar surface area (TPSA) is 62.3 Å². The lowest BCUT2D eigenvalue weighted by Gasteiger charge is -2.27. The Morgan fingerprint density at radius 3 is 2.58 bits per heavy atom. The van der Waals surface area contributed by atoms with Crippen LogP contribution in [0.4, 0.5) is 0 Å². The molecule has 1 fully saturated rings. The van der Waals surface area contributed by atoms with Crippen molar-refractivity contribution < 1.29 is 9.59 Å². The van der Waals surface area contributed by atoms with Crippen molar-refractivity contribution in [2.45, 2.75) is 39.2 Å². The summed E-state index contributed by atoms with van der Waals surface area (Å²) in [6.45, 7) is 5.35. The van der Waals surface area contributed by atoms with Gasteiger partial charge in [-0.1, -0.05) is 29.8 Å². The van der Waals surface area contributed by atoms with Crippen LogP contribution in [0.15, 0.2) is 42.7 Å². The summed E-state index contributed by atoms with van der Waals surface area (Å²) >= 11 is 0. The molecular formula is C21H25N3O2. The molecule has 3 rings (SSSR count). The fourth-order valence-electron chi connectivity index (χ4n) is 3.39. The summed E-state index contributed by atoms with van der Waals surface area (Å²) in [5, 5.41) is 2.94. The van der Waals surface area contributed by atoms with Crippen LogP contribution in [-0.4, -0.2) is 34.8 Å². The number of carbonyl (C=O) groups is 2. The monoisotopic (exact) mass is 351 g/mol. The Morgan fingerprint density at radius 1 is 1.12 bits per heavy atom. The Kier molecular flexibility index (Phi) is 5.66. The summed E-state index contributed by atoms with van der Waals surface area (Å²) in [5.41, 5.74) is 4.02. The largest absolute Gasteiger partial charge is 0.337 e. The van der Waals surface area contributed by atoms with Crippen LogP contribution >= 0.6 is 0 Å². The predicted molar refractivity (Wildman–Crippen MR) is 101 cm³/mol. The maximum absolute atomic E-state index is 12.7. The zero-order valence-electron chi connectivity index (χ0n) is 15.4. The van der Waals surface area contributed by atoms with E-state index in [1.165, 1.54) is 0 Å². The molecule has 1 aromatic carbocycles. The van der Waals surface area contributed by atoms with E-state index in [4.69, 9.17) is 0 Å². The van der Waals surface area contributed by atoms with E-state index >= 15 is 0 Å². The highest BCUT2D eigenvalue weighted by Crippen LogP contribution is 2.25. The number of piperidine rings is 1. The third-order valence-electron chi connectivity index (χ3n) is 4.88. The lowest BCUT2D eigenvalue weighted by molar-refractivity contribution is -0.146. The number of aromatic nitrogens is 1. The summed E-state index contributed by atoms with van der Waals surface area (Å²) < 4.78 is 0. The van der Waals surface area contributed by atoms with Gasteiger partial charge in [0.1, 0.15) is 0 Å². The highest BCUT2D eigenvalue weighted by Gasteiger charge is 2.27. The van der Waals surface area contributed by atoms with Crippen LogP contribution < -0.4 is 5.32 Å². The van der Waals surface area contributed by atoms with Gasteiger partial charge in [-0.2, -0.15) is 0 Å². The maximum atomic E-state index is 12.7. The summed E-state index contributed by atoms with van der Waals surface area (Å²) in [6.07, 6.45) is 6.47. The molecule has 0 aliphatic carbocycles. The van der Waals surface area contributed by atoms with Crippen molar-refractivity contribution >= 4 is 11.8 Å². The molecule has 5 heteroatoms. The summed E-state index contributed by atoms with van der Waals surface area (Å²) in [4.78, 5) is 31.1. The fraction of sp³-hybridized carbons (Fsp3) is 0.381. The Bertz CT molecular complexity index is 783. The molecule has 136 valence electrons. The van der Waals surface area contributed by atoms with Crippen LogP contribution in [0.5, 0.6) is 0 Å². The molecule has 0 radical (unpaired) electrons. The highest BCUT2D eigenvalue weighted by atomic mass is 16.2. The molecule has 1 aromatic heterocycles. The minimum absolute atomic E-state index is 0.398. The van der Waals surface area contributed by atoms with Gasteiger partial charge in [-0.25, -0.2) is 0 Å². The number of pyridine rings is 1. The van der Waals surface area contributed by atoms with Crippen LogP contribution in [0.1, 0.15) is 47.6 Å². The van der Waals surface area contributed by atoms with Gasteiger partial charge in [-0.05, 0) is 55.9 Å². The second-order valence-corrected chi connectivity index (χ2v) is 6.91. The van der Waals surface area contributed by atoms with Gasteiger partial charge in [-0.3, -0.25) is 14.6 Å². The van der Waals surface area contributed by atoms with E-state index in [2.05, 4.69) is 16.4 Å². The van der Waals surface area contributed by atoms with Gasteiger partial charge in [0.15, 0.2) is 0 Å².